The average Bonchev–Trinajstić information content (AvgIpc) is 2.86. The Morgan fingerprint density at radius 1 is 0.943 bits per heavy atom. The Labute approximate surface area is 211 Å². The van der Waals surface area contributed by atoms with Crippen LogP contribution in [0.5, 0.6) is 0 Å². The summed E-state index contributed by atoms with van der Waals surface area (Å²) < 4.78 is 40.5. The molecule has 35 heavy (non-hydrogen) atoms. The van der Waals surface area contributed by atoms with E-state index in [0.717, 1.165) is 47.4 Å². The Morgan fingerprint density at radius 3 is 2.46 bits per heavy atom. The fourth-order valence-electron chi connectivity index (χ4n) is 4.84. The van der Waals surface area contributed by atoms with Crippen LogP contribution in [-0.2, 0) is 6.18 Å². The monoisotopic (exact) mass is 516 g/mol. The van der Waals surface area contributed by atoms with Crippen molar-refractivity contribution in [1.82, 2.24) is 4.90 Å². The fourth-order valence-corrected chi connectivity index (χ4v) is 6.04. The zero-order valence-corrected chi connectivity index (χ0v) is 20.5. The molecule has 0 bridgehead atoms. The van der Waals surface area contributed by atoms with Crippen LogP contribution in [0.15, 0.2) is 76.5 Å². The van der Waals surface area contributed by atoms with Gasteiger partial charge in [0.25, 0.3) is 0 Å². The van der Waals surface area contributed by atoms with Crippen LogP contribution in [0.3, 0.4) is 0 Å². The van der Waals surface area contributed by atoms with Crippen molar-refractivity contribution in [3.63, 3.8) is 0 Å². The van der Waals surface area contributed by atoms with Crippen molar-refractivity contribution < 1.29 is 18.0 Å². The van der Waals surface area contributed by atoms with Gasteiger partial charge in [0.2, 0.25) is 0 Å². The minimum atomic E-state index is -4.41. The average molecular weight is 517 g/mol. The van der Waals surface area contributed by atoms with Gasteiger partial charge in [-0.05, 0) is 74.0 Å². The summed E-state index contributed by atoms with van der Waals surface area (Å²) >= 11 is 7.47. The summed E-state index contributed by atoms with van der Waals surface area (Å²) in [5.41, 5.74) is 1.42. The molecule has 3 aromatic rings. The van der Waals surface area contributed by atoms with Crippen molar-refractivity contribution in [3.8, 4) is 0 Å². The lowest BCUT2D eigenvalue weighted by molar-refractivity contribution is -0.137. The SMILES string of the molecule is O=C(c1ccc(Cl)cc1)C1CCCCN1CCN1c2ccccc2Sc2ccc(C(F)(F)F)cc21. The summed E-state index contributed by atoms with van der Waals surface area (Å²) in [6.45, 7) is 1.83. The quantitative estimate of drug-likeness (QED) is 0.324. The minimum Gasteiger partial charge on any atom is -0.338 e. The highest BCUT2D eigenvalue weighted by Crippen LogP contribution is 2.49. The molecule has 1 unspecified atom stereocenters. The van der Waals surface area contributed by atoms with Crippen LogP contribution in [0.1, 0.15) is 35.2 Å². The number of ketones is 1. The maximum atomic E-state index is 13.5. The maximum Gasteiger partial charge on any atom is 0.416 e. The molecule has 1 saturated heterocycles. The van der Waals surface area contributed by atoms with Gasteiger partial charge >= 0.3 is 6.18 Å². The van der Waals surface area contributed by atoms with Gasteiger partial charge in [0.1, 0.15) is 0 Å². The molecular formula is C27H24ClF3N2OS. The number of alkyl halides is 3. The lowest BCUT2D eigenvalue weighted by Gasteiger charge is -2.38. The molecule has 0 saturated carbocycles. The van der Waals surface area contributed by atoms with Gasteiger partial charge in [0.05, 0.1) is 23.0 Å². The van der Waals surface area contributed by atoms with Gasteiger partial charge in [-0.2, -0.15) is 13.2 Å². The standard InChI is InChI=1S/C27H24ClF3N2OS/c28-20-11-8-18(9-12-20)26(34)22-6-3-4-14-32(22)15-16-33-21-5-1-2-7-24(21)35-25-13-10-19(17-23(25)33)27(29,30)31/h1-2,5,7-13,17,22H,3-4,6,14-16H2. The van der Waals surface area contributed by atoms with Crippen molar-refractivity contribution in [2.24, 2.45) is 0 Å². The Balaban J connectivity index is 1.42. The molecule has 182 valence electrons. The predicted molar refractivity (Wildman–Crippen MR) is 134 cm³/mol. The van der Waals surface area contributed by atoms with Gasteiger partial charge in [0, 0.05) is 33.5 Å². The first-order valence-electron chi connectivity index (χ1n) is 11.6. The van der Waals surface area contributed by atoms with Crippen LogP contribution in [-0.4, -0.2) is 36.4 Å². The molecule has 5 rings (SSSR count). The van der Waals surface area contributed by atoms with Crippen molar-refractivity contribution >= 4 is 40.5 Å². The molecule has 3 nitrogen and oxygen atoms in total. The zero-order chi connectivity index (χ0) is 24.6. The molecule has 8 heteroatoms. The molecule has 2 aliphatic heterocycles. The highest BCUT2D eigenvalue weighted by Gasteiger charge is 2.34. The summed E-state index contributed by atoms with van der Waals surface area (Å²) in [5, 5.41) is 0.584. The molecule has 0 spiro atoms. The molecule has 0 aromatic heterocycles. The van der Waals surface area contributed by atoms with Gasteiger partial charge in [-0.15, -0.1) is 0 Å². The number of carbonyl (C=O) groups excluding carboxylic acids is 1. The van der Waals surface area contributed by atoms with E-state index in [4.69, 9.17) is 11.6 Å². The first-order valence-corrected chi connectivity index (χ1v) is 12.8. The van der Waals surface area contributed by atoms with E-state index in [1.807, 2.05) is 29.2 Å². The number of Topliss-reactive ketones (excluding diaryl/α,β-unsaturated/α-hetero) is 1. The van der Waals surface area contributed by atoms with E-state index in [-0.39, 0.29) is 11.8 Å². The Hall–Kier alpha value is -2.48. The first-order chi connectivity index (χ1) is 16.8. The van der Waals surface area contributed by atoms with Crippen LogP contribution in [0.25, 0.3) is 0 Å². The van der Waals surface area contributed by atoms with Gasteiger partial charge in [-0.25, -0.2) is 0 Å². The third kappa shape index (κ3) is 5.08. The number of anilines is 2. The summed E-state index contributed by atoms with van der Waals surface area (Å²) in [6.07, 6.45) is -1.68. The second-order valence-electron chi connectivity index (χ2n) is 8.82. The summed E-state index contributed by atoms with van der Waals surface area (Å²) in [6, 6.07) is 18.4. The number of halogens is 4. The van der Waals surface area contributed by atoms with Gasteiger partial charge in [-0.1, -0.05) is 41.9 Å². The molecule has 0 radical (unpaired) electrons. The largest absolute Gasteiger partial charge is 0.416 e. The number of hydrogen-bond acceptors (Lipinski definition) is 4. The minimum absolute atomic E-state index is 0.0655. The number of rotatable bonds is 5. The normalized spacial score (nSPS) is 18.2. The Bertz CT molecular complexity index is 1230. The number of piperidine rings is 1. The fraction of sp³-hybridized carbons (Fsp3) is 0.296. The first kappa shape index (κ1) is 24.2. The number of carbonyl (C=O) groups is 1. The molecule has 3 aromatic carbocycles. The van der Waals surface area contributed by atoms with Crippen molar-refractivity contribution in [2.45, 2.75) is 41.3 Å². The molecule has 0 amide bonds. The van der Waals surface area contributed by atoms with Crippen LogP contribution in [0.4, 0.5) is 24.5 Å². The number of benzene rings is 3. The second kappa shape index (κ2) is 9.88. The van der Waals surface area contributed by atoms with Crippen molar-refractivity contribution in [1.29, 1.82) is 0 Å². The number of fused-ring (bicyclic) bond motifs is 2. The predicted octanol–water partition coefficient (Wildman–Crippen LogP) is 7.70. The second-order valence-corrected chi connectivity index (χ2v) is 10.3. The van der Waals surface area contributed by atoms with E-state index in [1.165, 1.54) is 17.8 Å². The molecular weight excluding hydrogens is 493 g/mol. The third-order valence-corrected chi connectivity index (χ3v) is 7.99. The topological polar surface area (TPSA) is 23.6 Å². The maximum absolute atomic E-state index is 13.5. The summed E-state index contributed by atoms with van der Waals surface area (Å²) in [5.74, 6) is 0.0655. The number of para-hydroxylation sites is 1. The third-order valence-electron chi connectivity index (χ3n) is 6.61. The Morgan fingerprint density at radius 2 is 1.69 bits per heavy atom. The highest BCUT2D eigenvalue weighted by molar-refractivity contribution is 7.99. The van der Waals surface area contributed by atoms with Crippen LogP contribution in [0, 0.1) is 0 Å². The molecule has 0 aliphatic carbocycles. The zero-order valence-electron chi connectivity index (χ0n) is 18.9. The van der Waals surface area contributed by atoms with E-state index in [1.54, 1.807) is 30.3 Å². The van der Waals surface area contributed by atoms with Crippen molar-refractivity contribution in [3.05, 3.63) is 82.9 Å². The highest BCUT2D eigenvalue weighted by atomic mass is 35.5. The molecule has 1 atom stereocenters. The van der Waals surface area contributed by atoms with E-state index in [0.29, 0.717) is 29.4 Å². The number of nitrogens with zero attached hydrogens (tertiary/aromatic N) is 2. The molecule has 2 heterocycles. The summed E-state index contributed by atoms with van der Waals surface area (Å²) in [4.78, 5) is 19.2. The van der Waals surface area contributed by atoms with E-state index >= 15 is 0 Å². The smallest absolute Gasteiger partial charge is 0.338 e. The van der Waals surface area contributed by atoms with Crippen LogP contribution in [0.2, 0.25) is 5.02 Å². The van der Waals surface area contributed by atoms with Gasteiger partial charge < -0.3 is 4.90 Å². The molecule has 2 aliphatic rings. The number of hydrogen-bond donors (Lipinski definition) is 0. The van der Waals surface area contributed by atoms with Gasteiger partial charge in [0.15, 0.2) is 5.78 Å². The Kier molecular flexibility index (Phi) is 6.84. The molecule has 0 N–H and O–H groups in total. The van der Waals surface area contributed by atoms with Crippen LogP contribution >= 0.6 is 23.4 Å². The van der Waals surface area contributed by atoms with Crippen molar-refractivity contribution in [2.75, 3.05) is 24.5 Å². The van der Waals surface area contributed by atoms with E-state index in [2.05, 4.69) is 4.90 Å². The lowest BCUT2D eigenvalue weighted by Crippen LogP contribution is -2.47. The van der Waals surface area contributed by atoms with E-state index < -0.39 is 11.7 Å². The number of likely N-dealkylation sites (tertiary alicyclic amines) is 1. The lowest BCUT2D eigenvalue weighted by atomic mass is 9.94. The van der Waals surface area contributed by atoms with Crippen LogP contribution < -0.4 is 4.90 Å². The van der Waals surface area contributed by atoms with E-state index in [9.17, 15) is 18.0 Å². The van der Waals surface area contributed by atoms with Gasteiger partial charge in [-0.3, -0.25) is 9.69 Å². The summed E-state index contributed by atoms with van der Waals surface area (Å²) in [7, 11) is 0. The molecule has 1 fully saturated rings.